The molecule has 0 aliphatic carbocycles. The largest absolute Gasteiger partial charge is 0.490 e. The van der Waals surface area contributed by atoms with Crippen LogP contribution in [0.4, 0.5) is 0 Å². The third-order valence-electron chi connectivity index (χ3n) is 1.65. The highest BCUT2D eigenvalue weighted by Gasteiger charge is 2.33. The van der Waals surface area contributed by atoms with E-state index >= 15 is 0 Å². The lowest BCUT2D eigenvalue weighted by Crippen LogP contribution is -2.32. The summed E-state index contributed by atoms with van der Waals surface area (Å²) in [5, 5.41) is 0.437. The van der Waals surface area contributed by atoms with Crippen LogP contribution in [0.2, 0.25) is 0 Å². The molecule has 1 aliphatic rings. The van der Waals surface area contributed by atoms with E-state index < -0.39 is 17.8 Å². The van der Waals surface area contributed by atoms with Gasteiger partial charge >= 0.3 is 5.97 Å². The summed E-state index contributed by atoms with van der Waals surface area (Å²) in [5.41, 5.74) is 0. The van der Waals surface area contributed by atoms with E-state index in [0.29, 0.717) is 5.06 Å². The van der Waals surface area contributed by atoms with Crippen LogP contribution in [0.1, 0.15) is 12.8 Å². The van der Waals surface area contributed by atoms with Crippen molar-refractivity contribution < 1.29 is 24.0 Å². The van der Waals surface area contributed by atoms with Crippen molar-refractivity contribution in [2.75, 3.05) is 7.11 Å². The first-order valence-electron chi connectivity index (χ1n) is 3.87. The van der Waals surface area contributed by atoms with Gasteiger partial charge in [-0.2, -0.15) is 0 Å². The average molecular weight is 199 g/mol. The smallest absolute Gasteiger partial charge is 0.397 e. The maximum Gasteiger partial charge on any atom is 0.397 e. The van der Waals surface area contributed by atoms with Crippen molar-refractivity contribution in [1.29, 1.82) is 0 Å². The highest BCUT2D eigenvalue weighted by molar-refractivity contribution is 6.02. The van der Waals surface area contributed by atoms with E-state index in [2.05, 4.69) is 16.2 Å². The molecule has 0 atom stereocenters. The van der Waals surface area contributed by atoms with E-state index in [0.717, 1.165) is 0 Å². The van der Waals surface area contributed by atoms with Crippen LogP contribution in [-0.2, 0) is 24.0 Å². The highest BCUT2D eigenvalue weighted by Crippen LogP contribution is 2.13. The minimum atomic E-state index is -0.948. The summed E-state index contributed by atoms with van der Waals surface area (Å²) in [4.78, 5) is 37.5. The monoisotopic (exact) mass is 199 g/mol. The molecule has 0 unspecified atom stereocenters. The number of carbonyl (C=O) groups excluding carboxylic acids is 3. The number of hydrogen-bond acceptors (Lipinski definition) is 5. The van der Waals surface area contributed by atoms with Crippen molar-refractivity contribution in [3.63, 3.8) is 0 Å². The normalized spacial score (nSPS) is 15.6. The second-order valence-corrected chi connectivity index (χ2v) is 2.59. The van der Waals surface area contributed by atoms with Crippen LogP contribution in [0.5, 0.6) is 0 Å². The molecule has 0 aromatic carbocycles. The van der Waals surface area contributed by atoms with Gasteiger partial charge in [0.05, 0.1) is 7.11 Å². The Morgan fingerprint density at radius 1 is 1.36 bits per heavy atom. The summed E-state index contributed by atoms with van der Waals surface area (Å²) in [6.45, 7) is 3.22. The van der Waals surface area contributed by atoms with Gasteiger partial charge in [0, 0.05) is 12.8 Å². The molecule has 0 spiro atoms. The third kappa shape index (κ3) is 1.90. The quantitative estimate of drug-likeness (QED) is 0.356. The molecule has 0 radical (unpaired) electrons. The molecule has 0 aromatic heterocycles. The standard InChI is InChI=1S/C8H9NO5/c1-5(13-2)8(12)14-9-6(10)3-4-7(9)11/h1,3-4H2,2H3. The first kappa shape index (κ1) is 10.2. The zero-order valence-corrected chi connectivity index (χ0v) is 7.61. The first-order valence-corrected chi connectivity index (χ1v) is 3.87. The number of hydrogen-bond donors (Lipinski definition) is 0. The molecular formula is C8H9NO5. The number of nitrogens with zero attached hydrogens (tertiary/aromatic N) is 1. The van der Waals surface area contributed by atoms with Gasteiger partial charge in [-0.15, -0.1) is 5.06 Å². The molecule has 1 rings (SSSR count). The summed E-state index contributed by atoms with van der Waals surface area (Å²) in [5.74, 6) is -2.28. The van der Waals surface area contributed by atoms with Crippen LogP contribution in [-0.4, -0.2) is 30.0 Å². The molecule has 1 heterocycles. The number of amides is 2. The minimum Gasteiger partial charge on any atom is -0.490 e. The van der Waals surface area contributed by atoms with Crippen molar-refractivity contribution in [1.82, 2.24) is 5.06 Å². The fraction of sp³-hybridized carbons (Fsp3) is 0.375. The van der Waals surface area contributed by atoms with Crippen molar-refractivity contribution in [2.45, 2.75) is 12.8 Å². The molecule has 6 heteroatoms. The molecule has 1 aliphatic heterocycles. The Hall–Kier alpha value is -1.85. The van der Waals surface area contributed by atoms with Gasteiger partial charge in [0.1, 0.15) is 0 Å². The fourth-order valence-electron chi connectivity index (χ4n) is 0.875. The van der Waals surface area contributed by atoms with Gasteiger partial charge in [0.25, 0.3) is 11.8 Å². The number of carbonyl (C=O) groups is 3. The molecule has 0 saturated carbocycles. The van der Waals surface area contributed by atoms with Gasteiger partial charge in [-0.3, -0.25) is 9.59 Å². The van der Waals surface area contributed by atoms with Crippen LogP contribution in [0.3, 0.4) is 0 Å². The van der Waals surface area contributed by atoms with Gasteiger partial charge in [0.2, 0.25) is 0 Å². The maximum absolute atomic E-state index is 11.0. The highest BCUT2D eigenvalue weighted by atomic mass is 16.7. The summed E-state index contributed by atoms with van der Waals surface area (Å²) in [6.07, 6.45) is 0.122. The molecule has 0 bridgehead atoms. The molecule has 0 N–H and O–H groups in total. The Balaban J connectivity index is 2.60. The van der Waals surface area contributed by atoms with E-state index in [-0.39, 0.29) is 18.6 Å². The molecule has 6 nitrogen and oxygen atoms in total. The Morgan fingerprint density at radius 2 is 1.86 bits per heavy atom. The average Bonchev–Trinajstić information content (AvgIpc) is 2.48. The molecule has 2 amide bonds. The van der Waals surface area contributed by atoms with Gasteiger partial charge < -0.3 is 9.57 Å². The number of rotatable bonds is 3. The lowest BCUT2D eigenvalue weighted by molar-refractivity contribution is -0.196. The van der Waals surface area contributed by atoms with Crippen LogP contribution in [0.25, 0.3) is 0 Å². The second kappa shape index (κ2) is 3.91. The molecule has 1 fully saturated rings. The van der Waals surface area contributed by atoms with E-state index in [1.807, 2.05) is 0 Å². The molecule has 14 heavy (non-hydrogen) atoms. The molecule has 0 aromatic rings. The predicted octanol–water partition coefficient (Wildman–Crippen LogP) is -0.246. The van der Waals surface area contributed by atoms with Crippen molar-refractivity contribution in [3.8, 4) is 0 Å². The Bertz CT molecular complexity index is 293. The molecule has 76 valence electrons. The van der Waals surface area contributed by atoms with E-state index in [1.54, 1.807) is 0 Å². The van der Waals surface area contributed by atoms with E-state index in [9.17, 15) is 14.4 Å². The van der Waals surface area contributed by atoms with Gasteiger partial charge in [-0.25, -0.2) is 4.79 Å². The lowest BCUT2D eigenvalue weighted by atomic mass is 10.4. The predicted molar refractivity (Wildman–Crippen MR) is 43.3 cm³/mol. The van der Waals surface area contributed by atoms with Gasteiger partial charge in [-0.05, 0) is 6.58 Å². The van der Waals surface area contributed by atoms with Crippen LogP contribution in [0.15, 0.2) is 12.3 Å². The number of methoxy groups -OCH3 is 1. The van der Waals surface area contributed by atoms with Gasteiger partial charge in [0.15, 0.2) is 5.76 Å². The molecule has 1 saturated heterocycles. The van der Waals surface area contributed by atoms with Gasteiger partial charge in [-0.1, -0.05) is 0 Å². The third-order valence-corrected chi connectivity index (χ3v) is 1.65. The Morgan fingerprint density at radius 3 is 2.29 bits per heavy atom. The van der Waals surface area contributed by atoms with E-state index in [1.165, 1.54) is 7.11 Å². The van der Waals surface area contributed by atoms with Crippen LogP contribution >= 0.6 is 0 Å². The van der Waals surface area contributed by atoms with Crippen molar-refractivity contribution in [3.05, 3.63) is 12.3 Å². The maximum atomic E-state index is 11.0. The van der Waals surface area contributed by atoms with Crippen molar-refractivity contribution >= 4 is 17.8 Å². The zero-order chi connectivity index (χ0) is 10.7. The zero-order valence-electron chi connectivity index (χ0n) is 7.61. The first-order chi connectivity index (χ1) is 6.56. The summed E-state index contributed by atoms with van der Waals surface area (Å²) < 4.78 is 4.47. The number of imide groups is 1. The number of hydroxylamine groups is 2. The Kier molecular flexibility index (Phi) is 2.85. The second-order valence-electron chi connectivity index (χ2n) is 2.59. The topological polar surface area (TPSA) is 72.9 Å². The van der Waals surface area contributed by atoms with Crippen LogP contribution in [0, 0.1) is 0 Å². The Labute approximate surface area is 80.0 Å². The summed E-state index contributed by atoms with van der Waals surface area (Å²) >= 11 is 0. The lowest BCUT2D eigenvalue weighted by Gasteiger charge is -2.12. The van der Waals surface area contributed by atoms with E-state index in [4.69, 9.17) is 0 Å². The van der Waals surface area contributed by atoms with Crippen LogP contribution < -0.4 is 0 Å². The fourth-order valence-corrected chi connectivity index (χ4v) is 0.875. The van der Waals surface area contributed by atoms with Crippen molar-refractivity contribution in [2.24, 2.45) is 0 Å². The molecular weight excluding hydrogens is 190 g/mol. The minimum absolute atomic E-state index is 0.0611. The summed E-state index contributed by atoms with van der Waals surface area (Å²) in [6, 6.07) is 0. The number of ether oxygens (including phenoxy) is 1. The summed E-state index contributed by atoms with van der Waals surface area (Å²) in [7, 11) is 1.23. The SMILES string of the molecule is C=C(OC)C(=O)ON1C(=O)CCC1=O.